The van der Waals surface area contributed by atoms with Crippen LogP contribution in [0.4, 0.5) is 0 Å². The number of carbonyl (C=O) groups is 4. The Labute approximate surface area is 162 Å². The topological polar surface area (TPSA) is 191 Å². The Morgan fingerprint density at radius 1 is 0.963 bits per heavy atom. The van der Waals surface area contributed by atoms with Crippen LogP contribution in [0.2, 0.25) is 0 Å². The zero-order valence-corrected chi connectivity index (χ0v) is 16.3. The number of aliphatic hydroxyl groups is 2. The minimum absolute atomic E-state index is 0.185. The van der Waals surface area contributed by atoms with Crippen LogP contribution < -0.4 is 21.7 Å². The molecule has 8 N–H and O–H groups in total. The van der Waals surface area contributed by atoms with Gasteiger partial charge in [0.2, 0.25) is 17.7 Å². The second kappa shape index (κ2) is 11.7. The summed E-state index contributed by atoms with van der Waals surface area (Å²) < 4.78 is 0. The van der Waals surface area contributed by atoms with Gasteiger partial charge in [0.25, 0.3) is 0 Å². The van der Waals surface area contributed by atoms with Gasteiger partial charge in [-0.3, -0.25) is 14.4 Å². The Morgan fingerprint density at radius 3 is 1.85 bits per heavy atom. The van der Waals surface area contributed by atoms with Crippen molar-refractivity contribution in [2.75, 3.05) is 12.4 Å². The van der Waals surface area contributed by atoms with E-state index in [1.165, 1.54) is 6.92 Å². The van der Waals surface area contributed by atoms with Crippen molar-refractivity contribution in [3.8, 4) is 0 Å². The lowest BCUT2D eigenvalue weighted by atomic mass is 10.0. The van der Waals surface area contributed by atoms with Crippen molar-refractivity contribution >= 4 is 36.3 Å². The standard InChI is InChI=1S/C15H28N4O7S/c1-6(2)11(19-13(23)10(16)7(3)21)14(24)17-8(4-20)12(22)18-9(5-27)15(25)26/h6-11,20-21,27H,4-5,16H2,1-3H3,(H,17,24)(H,18,22)(H,19,23)(H,25,26). The van der Waals surface area contributed by atoms with Crippen molar-refractivity contribution in [1.82, 2.24) is 16.0 Å². The predicted molar refractivity (Wildman–Crippen MR) is 98.9 cm³/mol. The molecule has 11 nitrogen and oxygen atoms in total. The summed E-state index contributed by atoms with van der Waals surface area (Å²) in [5.74, 6) is -4.35. The number of aliphatic hydroxyl groups excluding tert-OH is 2. The molecule has 5 atom stereocenters. The first kappa shape index (κ1) is 25.1. The van der Waals surface area contributed by atoms with Crippen molar-refractivity contribution in [2.24, 2.45) is 11.7 Å². The average Bonchev–Trinajstić information content (AvgIpc) is 2.59. The van der Waals surface area contributed by atoms with Gasteiger partial charge in [-0.1, -0.05) is 13.8 Å². The summed E-state index contributed by atoms with van der Waals surface area (Å²) in [5, 5.41) is 34.4. The summed E-state index contributed by atoms with van der Waals surface area (Å²) >= 11 is 3.80. The largest absolute Gasteiger partial charge is 0.480 e. The molecule has 0 spiro atoms. The zero-order chi connectivity index (χ0) is 21.3. The number of hydrogen-bond donors (Lipinski definition) is 8. The zero-order valence-electron chi connectivity index (χ0n) is 15.4. The van der Waals surface area contributed by atoms with Crippen LogP contribution in [-0.2, 0) is 19.2 Å². The van der Waals surface area contributed by atoms with E-state index in [0.717, 1.165) is 0 Å². The highest BCUT2D eigenvalue weighted by atomic mass is 32.1. The number of carboxylic acids is 1. The van der Waals surface area contributed by atoms with Crippen molar-refractivity contribution < 1.29 is 34.5 Å². The molecule has 0 aromatic rings. The van der Waals surface area contributed by atoms with E-state index in [9.17, 15) is 29.4 Å². The van der Waals surface area contributed by atoms with Crippen molar-refractivity contribution in [3.05, 3.63) is 0 Å². The van der Waals surface area contributed by atoms with Gasteiger partial charge in [-0.15, -0.1) is 0 Å². The molecule has 0 saturated heterocycles. The first-order chi connectivity index (χ1) is 12.5. The highest BCUT2D eigenvalue weighted by Gasteiger charge is 2.31. The predicted octanol–water partition coefficient (Wildman–Crippen LogP) is -3.19. The number of amides is 3. The molecule has 0 fully saturated rings. The second-order valence-corrected chi connectivity index (χ2v) is 6.69. The molecule has 0 aromatic carbocycles. The molecule has 3 amide bonds. The maximum absolute atomic E-state index is 12.4. The molecular weight excluding hydrogens is 380 g/mol. The van der Waals surface area contributed by atoms with E-state index in [-0.39, 0.29) is 5.75 Å². The summed E-state index contributed by atoms with van der Waals surface area (Å²) in [7, 11) is 0. The molecule has 5 unspecified atom stereocenters. The SMILES string of the molecule is CC(C)C(NC(=O)C(N)C(C)O)C(=O)NC(CO)C(=O)NC(CS)C(=O)O. The van der Waals surface area contributed by atoms with E-state index in [4.69, 9.17) is 10.8 Å². The number of rotatable bonds is 11. The summed E-state index contributed by atoms with van der Waals surface area (Å²) in [5.41, 5.74) is 5.52. The van der Waals surface area contributed by atoms with E-state index < -0.39 is 66.5 Å². The van der Waals surface area contributed by atoms with Gasteiger partial charge in [-0.05, 0) is 12.8 Å². The third kappa shape index (κ3) is 8.12. The lowest BCUT2D eigenvalue weighted by Crippen LogP contribution is -2.60. The van der Waals surface area contributed by atoms with Crippen molar-refractivity contribution in [2.45, 2.75) is 51.0 Å². The van der Waals surface area contributed by atoms with Crippen LogP contribution >= 0.6 is 12.6 Å². The number of hydrogen-bond acceptors (Lipinski definition) is 8. The summed E-state index contributed by atoms with van der Waals surface area (Å²) in [4.78, 5) is 47.4. The van der Waals surface area contributed by atoms with Crippen LogP contribution in [0, 0.1) is 5.92 Å². The van der Waals surface area contributed by atoms with Gasteiger partial charge in [-0.25, -0.2) is 4.79 Å². The fourth-order valence-electron chi connectivity index (χ4n) is 1.92. The molecule has 0 aliphatic heterocycles. The maximum Gasteiger partial charge on any atom is 0.327 e. The molecule has 0 heterocycles. The Kier molecular flexibility index (Phi) is 10.9. The van der Waals surface area contributed by atoms with Gasteiger partial charge in [0.15, 0.2) is 0 Å². The summed E-state index contributed by atoms with van der Waals surface area (Å²) in [6.45, 7) is 3.80. The van der Waals surface area contributed by atoms with Gasteiger partial charge < -0.3 is 37.0 Å². The van der Waals surface area contributed by atoms with Crippen LogP contribution in [0.15, 0.2) is 0 Å². The molecular formula is C15H28N4O7S. The second-order valence-electron chi connectivity index (χ2n) is 6.32. The lowest BCUT2D eigenvalue weighted by Gasteiger charge is -2.26. The van der Waals surface area contributed by atoms with Gasteiger partial charge >= 0.3 is 5.97 Å². The third-order valence-corrected chi connectivity index (χ3v) is 4.05. The van der Waals surface area contributed by atoms with Gasteiger partial charge in [0.05, 0.1) is 12.7 Å². The Morgan fingerprint density at radius 2 is 1.48 bits per heavy atom. The number of thiol groups is 1. The van der Waals surface area contributed by atoms with Crippen LogP contribution in [-0.4, -0.2) is 81.6 Å². The van der Waals surface area contributed by atoms with Gasteiger partial charge in [0.1, 0.15) is 24.2 Å². The van der Waals surface area contributed by atoms with E-state index in [0.29, 0.717) is 0 Å². The smallest absolute Gasteiger partial charge is 0.327 e. The van der Waals surface area contributed by atoms with E-state index in [1.807, 2.05) is 0 Å². The number of carbonyl (C=O) groups excluding carboxylic acids is 3. The van der Waals surface area contributed by atoms with E-state index in [2.05, 4.69) is 28.6 Å². The minimum atomic E-state index is -1.43. The summed E-state index contributed by atoms with van der Waals surface area (Å²) in [6.07, 6.45) is -1.13. The molecule has 0 aliphatic carbocycles. The van der Waals surface area contributed by atoms with Crippen LogP contribution in [0.25, 0.3) is 0 Å². The quantitative estimate of drug-likeness (QED) is 0.164. The normalized spacial score (nSPS) is 16.6. The van der Waals surface area contributed by atoms with Crippen LogP contribution in [0.1, 0.15) is 20.8 Å². The molecule has 0 aliphatic rings. The Bertz CT molecular complexity index is 544. The molecule has 0 bridgehead atoms. The summed E-state index contributed by atoms with van der Waals surface area (Å²) in [6, 6.07) is -5.06. The molecule has 0 rings (SSSR count). The first-order valence-electron chi connectivity index (χ1n) is 8.25. The lowest BCUT2D eigenvalue weighted by molar-refractivity contribution is -0.142. The fourth-order valence-corrected chi connectivity index (χ4v) is 2.16. The molecule has 0 aromatic heterocycles. The van der Waals surface area contributed by atoms with E-state index >= 15 is 0 Å². The Balaban J connectivity index is 5.10. The van der Waals surface area contributed by atoms with Crippen LogP contribution in [0.3, 0.4) is 0 Å². The minimum Gasteiger partial charge on any atom is -0.480 e. The highest BCUT2D eigenvalue weighted by molar-refractivity contribution is 7.80. The molecule has 0 saturated carbocycles. The average molecular weight is 408 g/mol. The molecule has 156 valence electrons. The number of nitrogens with one attached hydrogen (secondary N) is 3. The van der Waals surface area contributed by atoms with Crippen molar-refractivity contribution in [3.63, 3.8) is 0 Å². The van der Waals surface area contributed by atoms with Crippen molar-refractivity contribution in [1.29, 1.82) is 0 Å². The maximum atomic E-state index is 12.4. The van der Waals surface area contributed by atoms with E-state index in [1.54, 1.807) is 13.8 Å². The molecule has 27 heavy (non-hydrogen) atoms. The van der Waals surface area contributed by atoms with Gasteiger partial charge in [-0.2, -0.15) is 12.6 Å². The van der Waals surface area contributed by atoms with Crippen LogP contribution in [0.5, 0.6) is 0 Å². The molecule has 12 heteroatoms. The molecule has 0 radical (unpaired) electrons. The number of carboxylic acid groups (broad SMARTS) is 1. The third-order valence-electron chi connectivity index (χ3n) is 3.68. The number of nitrogens with two attached hydrogens (primary N) is 1. The first-order valence-corrected chi connectivity index (χ1v) is 8.88. The highest BCUT2D eigenvalue weighted by Crippen LogP contribution is 2.04. The Hall–Kier alpha value is -1.89. The van der Waals surface area contributed by atoms with Gasteiger partial charge in [0, 0.05) is 5.75 Å². The number of aliphatic carboxylic acids is 1. The monoisotopic (exact) mass is 408 g/mol. The fraction of sp³-hybridized carbons (Fsp3) is 0.733.